The van der Waals surface area contributed by atoms with Gasteiger partial charge >= 0.3 is 0 Å². The molecule has 3 aliphatic rings. The van der Waals surface area contributed by atoms with Gasteiger partial charge in [-0.05, 0) is 128 Å². The van der Waals surface area contributed by atoms with Crippen molar-refractivity contribution in [3.05, 3.63) is 172 Å². The van der Waals surface area contributed by atoms with E-state index in [1.807, 2.05) is 6.07 Å². The van der Waals surface area contributed by atoms with Crippen LogP contribution in [0.15, 0.2) is 144 Å². The Morgan fingerprint density at radius 3 is 2.29 bits per heavy atom. The summed E-state index contributed by atoms with van der Waals surface area (Å²) in [6, 6.07) is 27.4. The summed E-state index contributed by atoms with van der Waals surface area (Å²) in [6.45, 7) is 4.64. The van der Waals surface area contributed by atoms with Gasteiger partial charge in [-0.3, -0.25) is 0 Å². The molecule has 1 saturated carbocycles. The van der Waals surface area contributed by atoms with Gasteiger partial charge in [-0.1, -0.05) is 133 Å². The van der Waals surface area contributed by atoms with Gasteiger partial charge in [0.25, 0.3) is 0 Å². The lowest BCUT2D eigenvalue weighted by Crippen LogP contribution is -2.09. The second-order valence-electron chi connectivity index (χ2n) is 13.3. The Morgan fingerprint density at radius 2 is 1.58 bits per heavy atom. The number of allylic oxidation sites excluding steroid dienone is 11. The highest BCUT2D eigenvalue weighted by Crippen LogP contribution is 2.42. The standard InChI is InChI=1S/C44H47F/c1-32-20-24-37(25-22-34-23-29-44(45)43(30-34)38-26-27-38)42(28-21-32)40-17-10-9-12-33(2)39(31-40)18-11-19-41(35-13-5-3-6-14-35)36-15-7-4-8-16-36/h3-10,13-17,19,21,23,28-31,33,37-38H,11-12,18,20,22,24-27H2,1-2H3. The molecular weight excluding hydrogens is 547 g/mol. The molecule has 0 N–H and O–H groups in total. The molecule has 0 aliphatic heterocycles. The fraction of sp³-hybridized carbons (Fsp3) is 0.318. The van der Waals surface area contributed by atoms with Crippen LogP contribution in [0.2, 0.25) is 0 Å². The first kappa shape index (κ1) is 31.0. The first-order chi connectivity index (χ1) is 22.0. The molecule has 0 saturated heterocycles. The van der Waals surface area contributed by atoms with Gasteiger partial charge in [0.05, 0.1) is 0 Å². The van der Waals surface area contributed by atoms with Crippen LogP contribution in [0.4, 0.5) is 4.39 Å². The largest absolute Gasteiger partial charge is 0.207 e. The predicted octanol–water partition coefficient (Wildman–Crippen LogP) is 12.3. The van der Waals surface area contributed by atoms with Gasteiger partial charge in [-0.2, -0.15) is 0 Å². The molecule has 2 unspecified atom stereocenters. The van der Waals surface area contributed by atoms with E-state index in [1.165, 1.54) is 44.6 Å². The van der Waals surface area contributed by atoms with Crippen LogP contribution in [0, 0.1) is 17.7 Å². The molecule has 0 bridgehead atoms. The van der Waals surface area contributed by atoms with Gasteiger partial charge in [-0.25, -0.2) is 4.39 Å². The third-order valence-electron chi connectivity index (χ3n) is 9.89. The minimum absolute atomic E-state index is 0.0242. The first-order valence-corrected chi connectivity index (χ1v) is 17.1. The maximum Gasteiger partial charge on any atom is 0.126 e. The molecule has 45 heavy (non-hydrogen) atoms. The third kappa shape index (κ3) is 8.20. The van der Waals surface area contributed by atoms with Gasteiger partial charge in [-0.15, -0.1) is 0 Å². The van der Waals surface area contributed by atoms with E-state index in [-0.39, 0.29) is 5.82 Å². The molecule has 0 nitrogen and oxygen atoms in total. The van der Waals surface area contributed by atoms with Gasteiger partial charge in [0.1, 0.15) is 5.82 Å². The fourth-order valence-corrected chi connectivity index (χ4v) is 6.95. The number of rotatable bonds is 10. The van der Waals surface area contributed by atoms with Crippen molar-refractivity contribution in [1.29, 1.82) is 0 Å². The van der Waals surface area contributed by atoms with E-state index in [9.17, 15) is 4.39 Å². The normalized spacial score (nSPS) is 20.2. The average Bonchev–Trinajstić information content (AvgIpc) is 3.92. The SMILES string of the molecule is CC1=CC=C(C2=CC=CCC(C)C(CCC=C(c3ccccc3)c3ccccc3)=C2)C(CCc2ccc(F)c(C3CC3)c2)CC1. The summed E-state index contributed by atoms with van der Waals surface area (Å²) >= 11 is 0. The van der Waals surface area contributed by atoms with Gasteiger partial charge in [0, 0.05) is 0 Å². The summed E-state index contributed by atoms with van der Waals surface area (Å²) in [6.07, 6.45) is 26.4. The summed E-state index contributed by atoms with van der Waals surface area (Å²) in [5.41, 5.74) is 11.9. The molecule has 1 heteroatoms. The molecule has 0 radical (unpaired) electrons. The zero-order chi connectivity index (χ0) is 31.0. The molecule has 3 aromatic carbocycles. The van der Waals surface area contributed by atoms with Crippen LogP contribution >= 0.6 is 0 Å². The molecular formula is C44H47F. The van der Waals surface area contributed by atoms with Crippen LogP contribution < -0.4 is 0 Å². The van der Waals surface area contributed by atoms with Crippen molar-refractivity contribution >= 4 is 5.57 Å². The van der Waals surface area contributed by atoms with Crippen molar-refractivity contribution in [3.63, 3.8) is 0 Å². The highest BCUT2D eigenvalue weighted by molar-refractivity contribution is 5.79. The van der Waals surface area contributed by atoms with Crippen molar-refractivity contribution in [1.82, 2.24) is 0 Å². The molecule has 3 aromatic rings. The monoisotopic (exact) mass is 594 g/mol. The maximum absolute atomic E-state index is 14.5. The third-order valence-corrected chi connectivity index (χ3v) is 9.89. The Balaban J connectivity index is 1.24. The van der Waals surface area contributed by atoms with E-state index in [0.29, 0.717) is 17.8 Å². The molecule has 230 valence electrons. The quantitative estimate of drug-likeness (QED) is 0.219. The minimum Gasteiger partial charge on any atom is -0.207 e. The Bertz CT molecular complexity index is 1600. The van der Waals surface area contributed by atoms with E-state index in [1.54, 1.807) is 6.07 Å². The van der Waals surface area contributed by atoms with Crippen molar-refractivity contribution in [3.8, 4) is 0 Å². The molecule has 6 rings (SSSR count). The van der Waals surface area contributed by atoms with Crippen molar-refractivity contribution < 1.29 is 4.39 Å². The highest BCUT2D eigenvalue weighted by atomic mass is 19.1. The molecule has 0 amide bonds. The van der Waals surface area contributed by atoms with Gasteiger partial charge in [0.2, 0.25) is 0 Å². The minimum atomic E-state index is -0.0242. The van der Waals surface area contributed by atoms with E-state index < -0.39 is 0 Å². The summed E-state index contributed by atoms with van der Waals surface area (Å²) in [5, 5.41) is 0. The lowest BCUT2D eigenvalue weighted by molar-refractivity contribution is 0.524. The van der Waals surface area contributed by atoms with Crippen LogP contribution in [-0.2, 0) is 6.42 Å². The summed E-state index contributed by atoms with van der Waals surface area (Å²) in [5.74, 6) is 1.39. The average molecular weight is 595 g/mol. The van der Waals surface area contributed by atoms with Crippen LogP contribution in [-0.4, -0.2) is 0 Å². The predicted molar refractivity (Wildman–Crippen MR) is 190 cm³/mol. The first-order valence-electron chi connectivity index (χ1n) is 17.1. The number of benzene rings is 3. The lowest BCUT2D eigenvalue weighted by atomic mass is 9.81. The topological polar surface area (TPSA) is 0 Å². The van der Waals surface area contributed by atoms with E-state index in [0.717, 1.165) is 63.4 Å². The molecule has 3 aliphatic carbocycles. The van der Waals surface area contributed by atoms with Crippen LogP contribution in [0.5, 0.6) is 0 Å². The van der Waals surface area contributed by atoms with E-state index >= 15 is 0 Å². The number of halogens is 1. The molecule has 2 atom stereocenters. The molecule has 0 heterocycles. The maximum atomic E-state index is 14.5. The zero-order valence-electron chi connectivity index (χ0n) is 27.0. The Morgan fingerprint density at radius 1 is 0.844 bits per heavy atom. The summed E-state index contributed by atoms with van der Waals surface area (Å²) in [7, 11) is 0. The number of hydrogen-bond acceptors (Lipinski definition) is 0. The van der Waals surface area contributed by atoms with Gasteiger partial charge in [0.15, 0.2) is 0 Å². The molecule has 0 spiro atoms. The Kier molecular flexibility index (Phi) is 10.3. The van der Waals surface area contributed by atoms with Crippen LogP contribution in [0.25, 0.3) is 5.57 Å². The van der Waals surface area contributed by atoms with E-state index in [4.69, 9.17) is 0 Å². The number of aryl methyl sites for hydroxylation is 1. The van der Waals surface area contributed by atoms with Gasteiger partial charge < -0.3 is 0 Å². The van der Waals surface area contributed by atoms with Crippen molar-refractivity contribution in [2.45, 2.75) is 77.6 Å². The highest BCUT2D eigenvalue weighted by Gasteiger charge is 2.27. The summed E-state index contributed by atoms with van der Waals surface area (Å²) < 4.78 is 14.5. The fourth-order valence-electron chi connectivity index (χ4n) is 6.95. The smallest absolute Gasteiger partial charge is 0.126 e. The molecule has 1 fully saturated rings. The van der Waals surface area contributed by atoms with Crippen LogP contribution in [0.3, 0.4) is 0 Å². The molecule has 0 aromatic heterocycles. The van der Waals surface area contributed by atoms with Crippen LogP contribution in [0.1, 0.15) is 93.4 Å². The number of hydrogen-bond donors (Lipinski definition) is 0. The van der Waals surface area contributed by atoms with Crippen molar-refractivity contribution in [2.75, 3.05) is 0 Å². The lowest BCUT2D eigenvalue weighted by Gasteiger charge is -2.23. The Labute approximate surface area is 270 Å². The zero-order valence-corrected chi connectivity index (χ0v) is 27.0. The second-order valence-corrected chi connectivity index (χ2v) is 13.3. The Hall–Kier alpha value is -3.97. The van der Waals surface area contributed by atoms with Crippen molar-refractivity contribution in [2.24, 2.45) is 11.8 Å². The summed E-state index contributed by atoms with van der Waals surface area (Å²) in [4.78, 5) is 0. The van der Waals surface area contributed by atoms with E-state index in [2.05, 4.69) is 123 Å². The second kappa shape index (κ2) is 14.9.